The molecule has 0 bridgehead atoms. The molecule has 2 nitrogen and oxygen atoms in total. The molecule has 73 valence electrons. The first-order valence-corrected chi connectivity index (χ1v) is 4.70. The SMILES string of the molecule is [B](Oc1ccccc1)Oc1ccccc1. The minimum atomic E-state index is 0.758. The van der Waals surface area contributed by atoms with E-state index in [9.17, 15) is 0 Å². The summed E-state index contributed by atoms with van der Waals surface area (Å²) >= 11 is 0. The first kappa shape index (κ1) is 9.65. The molecule has 0 atom stereocenters. The first-order chi connectivity index (χ1) is 7.45. The predicted octanol–water partition coefficient (Wildman–Crippen LogP) is 2.68. The van der Waals surface area contributed by atoms with Gasteiger partial charge in [-0.25, -0.2) is 0 Å². The van der Waals surface area contributed by atoms with Gasteiger partial charge in [-0.15, -0.1) is 0 Å². The van der Waals surface area contributed by atoms with Crippen LogP contribution in [0.3, 0.4) is 0 Å². The molecular weight excluding hydrogens is 187 g/mol. The van der Waals surface area contributed by atoms with Crippen LogP contribution in [-0.2, 0) is 0 Å². The van der Waals surface area contributed by atoms with E-state index in [4.69, 9.17) is 9.31 Å². The maximum Gasteiger partial charge on any atom is 0.658 e. The fourth-order valence-electron chi connectivity index (χ4n) is 1.13. The largest absolute Gasteiger partial charge is 0.658 e. The van der Waals surface area contributed by atoms with Gasteiger partial charge in [0.2, 0.25) is 0 Å². The van der Waals surface area contributed by atoms with Crippen LogP contribution in [0.4, 0.5) is 0 Å². The Hall–Kier alpha value is -1.90. The van der Waals surface area contributed by atoms with Crippen LogP contribution in [0, 0.1) is 0 Å². The molecule has 0 amide bonds. The van der Waals surface area contributed by atoms with Crippen molar-refractivity contribution in [2.75, 3.05) is 0 Å². The van der Waals surface area contributed by atoms with E-state index in [1.54, 1.807) is 0 Å². The summed E-state index contributed by atoms with van der Waals surface area (Å²) in [6.07, 6.45) is 0. The van der Waals surface area contributed by atoms with Gasteiger partial charge in [0, 0.05) is 0 Å². The van der Waals surface area contributed by atoms with Crippen molar-refractivity contribution in [3.8, 4) is 11.5 Å². The molecule has 0 aliphatic rings. The van der Waals surface area contributed by atoms with E-state index in [0.29, 0.717) is 0 Å². The molecule has 15 heavy (non-hydrogen) atoms. The molecule has 2 aromatic rings. The summed E-state index contributed by atoms with van der Waals surface area (Å²) in [5.74, 6) is 1.52. The van der Waals surface area contributed by atoms with Crippen LogP contribution in [-0.4, -0.2) is 7.69 Å². The number of para-hydroxylation sites is 2. The Labute approximate surface area is 89.8 Å². The van der Waals surface area contributed by atoms with Crippen molar-refractivity contribution in [1.82, 2.24) is 0 Å². The van der Waals surface area contributed by atoms with Crippen LogP contribution in [0.2, 0.25) is 0 Å². The summed E-state index contributed by atoms with van der Waals surface area (Å²) in [5, 5.41) is 0. The van der Waals surface area contributed by atoms with Crippen LogP contribution in [0.5, 0.6) is 11.5 Å². The lowest BCUT2D eigenvalue weighted by molar-refractivity contribution is 0.459. The molecule has 1 radical (unpaired) electrons. The Kier molecular flexibility index (Phi) is 3.28. The Bertz CT molecular complexity index is 349. The highest BCUT2D eigenvalue weighted by Gasteiger charge is 1.99. The zero-order valence-electron chi connectivity index (χ0n) is 8.17. The Morgan fingerprint density at radius 2 is 1.00 bits per heavy atom. The summed E-state index contributed by atoms with van der Waals surface area (Å²) in [5.41, 5.74) is 0. The van der Waals surface area contributed by atoms with Crippen molar-refractivity contribution in [3.63, 3.8) is 0 Å². The number of rotatable bonds is 4. The summed E-state index contributed by atoms with van der Waals surface area (Å²) in [6.45, 7) is 0. The molecule has 0 saturated heterocycles. The molecule has 0 spiro atoms. The topological polar surface area (TPSA) is 18.5 Å². The molecular formula is C12H10BO2. The second-order valence-corrected chi connectivity index (χ2v) is 2.96. The second kappa shape index (κ2) is 5.10. The molecule has 2 aromatic carbocycles. The third-order valence-corrected chi connectivity index (χ3v) is 1.85. The summed E-state index contributed by atoms with van der Waals surface area (Å²) in [7, 11) is 1.32. The van der Waals surface area contributed by atoms with Gasteiger partial charge < -0.3 is 9.31 Å². The average Bonchev–Trinajstić information content (AvgIpc) is 2.32. The van der Waals surface area contributed by atoms with Gasteiger partial charge >= 0.3 is 7.69 Å². The Morgan fingerprint density at radius 3 is 1.40 bits per heavy atom. The van der Waals surface area contributed by atoms with Crippen molar-refractivity contribution in [3.05, 3.63) is 60.7 Å². The molecule has 3 heteroatoms. The minimum absolute atomic E-state index is 0.758. The fourth-order valence-corrected chi connectivity index (χ4v) is 1.13. The molecule has 0 saturated carbocycles. The van der Waals surface area contributed by atoms with Gasteiger partial charge in [-0.2, -0.15) is 0 Å². The third kappa shape index (κ3) is 3.06. The van der Waals surface area contributed by atoms with Gasteiger partial charge in [0.15, 0.2) is 0 Å². The second-order valence-electron chi connectivity index (χ2n) is 2.96. The molecule has 0 aliphatic carbocycles. The third-order valence-electron chi connectivity index (χ3n) is 1.85. The molecule has 0 heterocycles. The average molecular weight is 197 g/mol. The predicted molar refractivity (Wildman–Crippen MR) is 59.9 cm³/mol. The lowest BCUT2D eigenvalue weighted by Gasteiger charge is -2.05. The van der Waals surface area contributed by atoms with Gasteiger partial charge in [0.25, 0.3) is 0 Å². The standard InChI is InChI=1S/C12H10BO2/c1-3-7-11(8-4-1)14-13-15-12-9-5-2-6-10-12/h1-10H. The summed E-state index contributed by atoms with van der Waals surface area (Å²) < 4.78 is 10.5. The van der Waals surface area contributed by atoms with Gasteiger partial charge in [0.05, 0.1) is 0 Å². The van der Waals surface area contributed by atoms with E-state index < -0.39 is 0 Å². The van der Waals surface area contributed by atoms with Gasteiger partial charge in [-0.1, -0.05) is 36.4 Å². The van der Waals surface area contributed by atoms with Crippen LogP contribution in [0.15, 0.2) is 60.7 Å². The summed E-state index contributed by atoms with van der Waals surface area (Å²) in [6, 6.07) is 19.0. The quantitative estimate of drug-likeness (QED) is 0.701. The molecule has 0 aliphatic heterocycles. The summed E-state index contributed by atoms with van der Waals surface area (Å²) in [4.78, 5) is 0. The Balaban J connectivity index is 1.81. The van der Waals surface area contributed by atoms with Crippen LogP contribution < -0.4 is 9.31 Å². The first-order valence-electron chi connectivity index (χ1n) is 4.70. The van der Waals surface area contributed by atoms with Gasteiger partial charge in [0.1, 0.15) is 11.5 Å². The minimum Gasteiger partial charge on any atom is -0.526 e. The molecule has 0 unspecified atom stereocenters. The van der Waals surface area contributed by atoms with E-state index in [1.807, 2.05) is 60.7 Å². The zero-order chi connectivity index (χ0) is 10.3. The monoisotopic (exact) mass is 197 g/mol. The zero-order valence-corrected chi connectivity index (χ0v) is 8.17. The van der Waals surface area contributed by atoms with Crippen LogP contribution >= 0.6 is 0 Å². The molecule has 0 fully saturated rings. The Morgan fingerprint density at radius 1 is 0.600 bits per heavy atom. The van der Waals surface area contributed by atoms with E-state index >= 15 is 0 Å². The van der Waals surface area contributed by atoms with E-state index in [-0.39, 0.29) is 0 Å². The molecule has 0 aromatic heterocycles. The highest BCUT2D eigenvalue weighted by molar-refractivity contribution is 6.20. The van der Waals surface area contributed by atoms with Crippen molar-refractivity contribution in [2.45, 2.75) is 0 Å². The highest BCUT2D eigenvalue weighted by atomic mass is 16.6. The van der Waals surface area contributed by atoms with Crippen molar-refractivity contribution in [2.24, 2.45) is 0 Å². The van der Waals surface area contributed by atoms with Gasteiger partial charge in [-0.05, 0) is 24.3 Å². The van der Waals surface area contributed by atoms with Crippen molar-refractivity contribution >= 4 is 7.69 Å². The molecule has 2 rings (SSSR count). The van der Waals surface area contributed by atoms with E-state index in [1.165, 1.54) is 7.69 Å². The van der Waals surface area contributed by atoms with Gasteiger partial charge in [-0.3, -0.25) is 0 Å². The van der Waals surface area contributed by atoms with Crippen LogP contribution in [0.25, 0.3) is 0 Å². The normalized spacial score (nSPS) is 9.33. The number of benzene rings is 2. The van der Waals surface area contributed by atoms with Crippen LogP contribution in [0.1, 0.15) is 0 Å². The van der Waals surface area contributed by atoms with E-state index in [0.717, 1.165) is 11.5 Å². The lowest BCUT2D eigenvalue weighted by atomic mass is 10.3. The fraction of sp³-hybridized carbons (Fsp3) is 0. The maximum atomic E-state index is 5.26. The van der Waals surface area contributed by atoms with E-state index in [2.05, 4.69) is 0 Å². The lowest BCUT2D eigenvalue weighted by Crippen LogP contribution is -2.10. The number of hydrogen-bond donors (Lipinski definition) is 0. The maximum absolute atomic E-state index is 5.26. The van der Waals surface area contributed by atoms with Crippen molar-refractivity contribution in [1.29, 1.82) is 0 Å². The molecule has 0 N–H and O–H groups in total. The smallest absolute Gasteiger partial charge is 0.526 e. The number of hydrogen-bond acceptors (Lipinski definition) is 2. The highest BCUT2D eigenvalue weighted by Crippen LogP contribution is 2.10. The van der Waals surface area contributed by atoms with Crippen molar-refractivity contribution < 1.29 is 9.31 Å².